The molecule has 0 atom stereocenters. The summed E-state index contributed by atoms with van der Waals surface area (Å²) < 4.78 is 3.00. The van der Waals surface area contributed by atoms with Crippen molar-refractivity contribution in [2.24, 2.45) is 7.05 Å². The summed E-state index contributed by atoms with van der Waals surface area (Å²) in [6.45, 7) is 0. The molecule has 2 rings (SSSR count). The van der Waals surface area contributed by atoms with Crippen LogP contribution in [0.15, 0.2) is 35.1 Å². The predicted octanol–water partition coefficient (Wildman–Crippen LogP) is 2.84. The molecule has 0 spiro atoms. The third-order valence-corrected chi connectivity index (χ3v) is 3.26. The fourth-order valence-corrected chi connectivity index (χ4v) is 2.02. The van der Waals surface area contributed by atoms with Gasteiger partial charge in [0, 0.05) is 11.5 Å². The first-order valence-electron chi connectivity index (χ1n) is 5.35. The number of nitriles is 1. The van der Waals surface area contributed by atoms with E-state index in [1.807, 2.05) is 23.7 Å². The van der Waals surface area contributed by atoms with Crippen molar-refractivity contribution in [2.75, 3.05) is 0 Å². The predicted molar refractivity (Wildman–Crippen MR) is 69.5 cm³/mol. The lowest BCUT2D eigenvalue weighted by molar-refractivity contribution is 0.796. The molecule has 0 unspecified atom stereocenters. The second-order valence-electron chi connectivity index (χ2n) is 3.89. The van der Waals surface area contributed by atoms with Crippen LogP contribution in [0.25, 0.3) is 0 Å². The highest BCUT2D eigenvalue weighted by Gasteiger charge is 2.07. The molecule has 0 amide bonds. The fourth-order valence-electron chi connectivity index (χ4n) is 1.76. The first-order chi connectivity index (χ1) is 8.20. The minimum Gasteiger partial charge on any atom is -0.336 e. The van der Waals surface area contributed by atoms with Crippen molar-refractivity contribution in [1.82, 2.24) is 9.55 Å². The monoisotopic (exact) mass is 289 g/mol. The summed E-state index contributed by atoms with van der Waals surface area (Å²) in [6.07, 6.45) is 3.44. The van der Waals surface area contributed by atoms with Crippen molar-refractivity contribution in [1.29, 1.82) is 5.26 Å². The molecular weight excluding hydrogens is 278 g/mol. The van der Waals surface area contributed by atoms with Crippen LogP contribution in [0.1, 0.15) is 17.0 Å². The van der Waals surface area contributed by atoms with Crippen LogP contribution in [0.4, 0.5) is 0 Å². The highest BCUT2D eigenvalue weighted by atomic mass is 79.9. The van der Waals surface area contributed by atoms with Gasteiger partial charge in [-0.25, -0.2) is 4.98 Å². The molecule has 86 valence electrons. The van der Waals surface area contributed by atoms with E-state index < -0.39 is 0 Å². The Morgan fingerprint density at radius 1 is 1.29 bits per heavy atom. The number of aryl methyl sites for hydroxylation is 2. The highest BCUT2D eigenvalue weighted by Crippen LogP contribution is 2.14. The lowest BCUT2D eigenvalue weighted by Gasteiger charge is -2.03. The first kappa shape index (κ1) is 11.9. The van der Waals surface area contributed by atoms with Crippen LogP contribution >= 0.6 is 15.9 Å². The molecule has 0 fully saturated rings. The van der Waals surface area contributed by atoms with Gasteiger partial charge in [-0.3, -0.25) is 0 Å². The quantitative estimate of drug-likeness (QED) is 0.872. The molecule has 0 aliphatic heterocycles. The van der Waals surface area contributed by atoms with E-state index in [1.54, 1.807) is 6.33 Å². The second kappa shape index (κ2) is 5.15. The minimum absolute atomic E-state index is 0.532. The summed E-state index contributed by atoms with van der Waals surface area (Å²) in [6, 6.07) is 10.4. The summed E-state index contributed by atoms with van der Waals surface area (Å²) in [7, 11) is 1.92. The molecule has 0 bridgehead atoms. The van der Waals surface area contributed by atoms with Gasteiger partial charge in [-0.2, -0.15) is 5.26 Å². The van der Waals surface area contributed by atoms with Crippen molar-refractivity contribution >= 4 is 15.9 Å². The van der Waals surface area contributed by atoms with Crippen molar-refractivity contribution in [2.45, 2.75) is 12.8 Å². The number of halogens is 1. The standard InChI is InChI=1S/C13H12BrN3/c1-17-9-16-12(8-15)13(17)7-4-10-2-5-11(14)6-3-10/h2-3,5-6,9H,4,7H2,1H3. The van der Waals surface area contributed by atoms with E-state index in [0.717, 1.165) is 23.0 Å². The SMILES string of the molecule is Cn1cnc(C#N)c1CCc1ccc(Br)cc1. The number of hydrogen-bond acceptors (Lipinski definition) is 2. The Bertz CT molecular complexity index is 549. The van der Waals surface area contributed by atoms with E-state index in [0.29, 0.717) is 5.69 Å². The Morgan fingerprint density at radius 2 is 2.00 bits per heavy atom. The highest BCUT2D eigenvalue weighted by molar-refractivity contribution is 9.10. The number of benzene rings is 1. The first-order valence-corrected chi connectivity index (χ1v) is 6.14. The molecule has 0 N–H and O–H groups in total. The topological polar surface area (TPSA) is 41.6 Å². The van der Waals surface area contributed by atoms with Gasteiger partial charge in [0.1, 0.15) is 6.07 Å². The van der Waals surface area contributed by atoms with Crippen molar-refractivity contribution in [3.63, 3.8) is 0 Å². The van der Waals surface area contributed by atoms with Crippen molar-refractivity contribution in [3.8, 4) is 6.07 Å². The van der Waals surface area contributed by atoms with Crippen LogP contribution in [0.3, 0.4) is 0 Å². The maximum Gasteiger partial charge on any atom is 0.161 e. The second-order valence-corrected chi connectivity index (χ2v) is 4.80. The van der Waals surface area contributed by atoms with E-state index in [9.17, 15) is 0 Å². The zero-order valence-electron chi connectivity index (χ0n) is 9.52. The molecule has 0 saturated heterocycles. The summed E-state index contributed by atoms with van der Waals surface area (Å²) in [5.41, 5.74) is 2.79. The van der Waals surface area contributed by atoms with E-state index in [4.69, 9.17) is 5.26 Å². The molecule has 0 saturated carbocycles. The zero-order valence-corrected chi connectivity index (χ0v) is 11.1. The summed E-state index contributed by atoms with van der Waals surface area (Å²) in [5.74, 6) is 0. The zero-order chi connectivity index (χ0) is 12.3. The molecule has 0 aliphatic rings. The van der Waals surface area contributed by atoms with Gasteiger partial charge in [-0.1, -0.05) is 28.1 Å². The van der Waals surface area contributed by atoms with E-state index in [2.05, 4.69) is 39.1 Å². The lowest BCUT2D eigenvalue weighted by atomic mass is 10.1. The van der Waals surface area contributed by atoms with Crippen LogP contribution in [-0.4, -0.2) is 9.55 Å². The van der Waals surface area contributed by atoms with Gasteiger partial charge >= 0.3 is 0 Å². The number of rotatable bonds is 3. The Labute approximate surface area is 109 Å². The van der Waals surface area contributed by atoms with Crippen LogP contribution < -0.4 is 0 Å². The number of nitrogens with zero attached hydrogens (tertiary/aromatic N) is 3. The molecule has 17 heavy (non-hydrogen) atoms. The van der Waals surface area contributed by atoms with Gasteiger partial charge in [-0.05, 0) is 30.5 Å². The smallest absolute Gasteiger partial charge is 0.161 e. The molecule has 4 heteroatoms. The molecule has 1 heterocycles. The summed E-state index contributed by atoms with van der Waals surface area (Å²) >= 11 is 3.41. The van der Waals surface area contributed by atoms with Crippen molar-refractivity contribution < 1.29 is 0 Å². The molecule has 1 aromatic heterocycles. The van der Waals surface area contributed by atoms with Crippen LogP contribution in [0, 0.1) is 11.3 Å². The fraction of sp³-hybridized carbons (Fsp3) is 0.231. The summed E-state index contributed by atoms with van der Waals surface area (Å²) in [4.78, 5) is 4.05. The lowest BCUT2D eigenvalue weighted by Crippen LogP contribution is -2.00. The largest absolute Gasteiger partial charge is 0.336 e. The van der Waals surface area contributed by atoms with Gasteiger partial charge < -0.3 is 4.57 Å². The normalized spacial score (nSPS) is 10.2. The molecule has 3 nitrogen and oxygen atoms in total. The minimum atomic E-state index is 0.532. The van der Waals surface area contributed by atoms with Crippen LogP contribution in [0.2, 0.25) is 0 Å². The number of aromatic nitrogens is 2. The van der Waals surface area contributed by atoms with Crippen LogP contribution in [0.5, 0.6) is 0 Å². The van der Waals surface area contributed by atoms with Gasteiger partial charge in [0.15, 0.2) is 5.69 Å². The molecule has 1 aromatic carbocycles. The third kappa shape index (κ3) is 2.75. The van der Waals surface area contributed by atoms with Gasteiger partial charge in [-0.15, -0.1) is 0 Å². The Balaban J connectivity index is 2.10. The van der Waals surface area contributed by atoms with E-state index in [-0.39, 0.29) is 0 Å². The number of imidazole rings is 1. The van der Waals surface area contributed by atoms with Gasteiger partial charge in [0.25, 0.3) is 0 Å². The average molecular weight is 290 g/mol. The molecular formula is C13H12BrN3. The van der Waals surface area contributed by atoms with Gasteiger partial charge in [0.05, 0.1) is 12.0 Å². The van der Waals surface area contributed by atoms with Gasteiger partial charge in [0.2, 0.25) is 0 Å². The summed E-state index contributed by atoms with van der Waals surface area (Å²) in [5, 5.41) is 8.93. The van der Waals surface area contributed by atoms with Crippen molar-refractivity contribution in [3.05, 3.63) is 52.0 Å². The molecule has 2 aromatic rings. The average Bonchev–Trinajstić information content (AvgIpc) is 2.69. The Hall–Kier alpha value is -1.60. The maximum atomic E-state index is 8.93. The van der Waals surface area contributed by atoms with E-state index >= 15 is 0 Å². The maximum absolute atomic E-state index is 8.93. The van der Waals surface area contributed by atoms with Crippen LogP contribution in [-0.2, 0) is 19.9 Å². The third-order valence-electron chi connectivity index (χ3n) is 2.73. The number of hydrogen-bond donors (Lipinski definition) is 0. The Kier molecular flexibility index (Phi) is 3.60. The molecule has 0 radical (unpaired) electrons. The van der Waals surface area contributed by atoms with E-state index in [1.165, 1.54) is 5.56 Å². The molecule has 0 aliphatic carbocycles. The Morgan fingerprint density at radius 3 is 2.65 bits per heavy atom.